The van der Waals surface area contributed by atoms with Gasteiger partial charge in [-0.05, 0) is 45.5 Å². The van der Waals surface area contributed by atoms with Crippen molar-refractivity contribution in [3.8, 4) is 44.5 Å². The van der Waals surface area contributed by atoms with Gasteiger partial charge in [-0.25, -0.2) is 0 Å². The molecule has 0 aliphatic carbocycles. The summed E-state index contributed by atoms with van der Waals surface area (Å²) in [6, 6.07) is 63.4. The van der Waals surface area contributed by atoms with E-state index in [4.69, 9.17) is 8.83 Å². The summed E-state index contributed by atoms with van der Waals surface area (Å²) in [6.07, 6.45) is 0. The van der Waals surface area contributed by atoms with Crippen LogP contribution >= 0.6 is 0 Å². The number of hydrogen-bond acceptors (Lipinski definition) is 2. The van der Waals surface area contributed by atoms with Gasteiger partial charge in [0.2, 0.25) is 6.71 Å². The first-order valence-electron chi connectivity index (χ1n) is 17.5. The highest BCUT2D eigenvalue weighted by atomic mass is 16.3. The van der Waals surface area contributed by atoms with Gasteiger partial charge in [0.15, 0.2) is 0 Å². The van der Waals surface area contributed by atoms with Crippen LogP contribution in [0.4, 0.5) is 0 Å². The summed E-state index contributed by atoms with van der Waals surface area (Å²) < 4.78 is 13.1. The molecule has 0 saturated carbocycles. The molecule has 51 heavy (non-hydrogen) atoms. The molecular weight excluding hydrogens is 619 g/mol. The standard InChI is InChI=1S/C48H29BO2/c1-2-12-32(13-3-1)49-43-28-30(33-18-10-20-41-39-16-6-8-22-45(39)50-47(33)41)24-26-37(43)35-14-4-5-15-36(35)38-27-25-31(29-44(38)49)34-19-11-21-42-40-17-7-9-23-46(40)51-48(34)42/h1-29H. The maximum atomic E-state index is 6.54. The molecule has 0 unspecified atom stereocenters. The van der Waals surface area contributed by atoms with E-state index in [0.717, 1.165) is 66.1 Å². The van der Waals surface area contributed by atoms with Crippen molar-refractivity contribution in [2.75, 3.05) is 0 Å². The van der Waals surface area contributed by atoms with Crippen LogP contribution in [-0.4, -0.2) is 6.71 Å². The zero-order valence-electron chi connectivity index (χ0n) is 27.6. The van der Waals surface area contributed by atoms with Crippen LogP contribution in [0, 0.1) is 0 Å². The summed E-state index contributed by atoms with van der Waals surface area (Å²) in [7, 11) is 0. The average molecular weight is 649 g/mol. The van der Waals surface area contributed by atoms with E-state index in [1.54, 1.807) is 0 Å². The van der Waals surface area contributed by atoms with Gasteiger partial charge in [0.05, 0.1) is 0 Å². The Kier molecular flexibility index (Phi) is 6.08. The van der Waals surface area contributed by atoms with Crippen molar-refractivity contribution in [3.63, 3.8) is 0 Å². The molecule has 2 nitrogen and oxygen atoms in total. The quantitative estimate of drug-likeness (QED) is 0.178. The molecule has 0 N–H and O–H groups in total. The smallest absolute Gasteiger partial charge is 0.242 e. The van der Waals surface area contributed by atoms with E-state index in [-0.39, 0.29) is 6.71 Å². The average Bonchev–Trinajstić information content (AvgIpc) is 3.74. The number of hydrogen-bond donors (Lipinski definition) is 0. The Labute approximate surface area is 295 Å². The molecule has 10 aromatic rings. The summed E-state index contributed by atoms with van der Waals surface area (Å²) in [6.45, 7) is -0.0201. The fourth-order valence-electron chi connectivity index (χ4n) is 8.50. The van der Waals surface area contributed by atoms with E-state index in [1.165, 1.54) is 38.6 Å². The second kappa shape index (κ2) is 11.0. The van der Waals surface area contributed by atoms with E-state index in [1.807, 2.05) is 12.1 Å². The molecule has 0 fully saturated rings. The molecule has 8 aromatic carbocycles. The predicted octanol–water partition coefficient (Wildman–Crippen LogP) is 11.0. The monoisotopic (exact) mass is 648 g/mol. The number of benzene rings is 8. The number of rotatable bonds is 3. The minimum Gasteiger partial charge on any atom is -0.455 e. The third kappa shape index (κ3) is 4.25. The summed E-state index contributed by atoms with van der Waals surface area (Å²) in [5.74, 6) is 0. The van der Waals surface area contributed by atoms with Crippen LogP contribution < -0.4 is 16.4 Å². The third-order valence-corrected chi connectivity index (χ3v) is 10.8. The van der Waals surface area contributed by atoms with Crippen molar-refractivity contribution in [1.82, 2.24) is 0 Å². The van der Waals surface area contributed by atoms with Crippen molar-refractivity contribution in [2.45, 2.75) is 0 Å². The lowest BCUT2D eigenvalue weighted by molar-refractivity contribution is 0.669. The van der Waals surface area contributed by atoms with Crippen molar-refractivity contribution in [2.24, 2.45) is 0 Å². The first-order chi connectivity index (χ1) is 25.3. The molecule has 0 radical (unpaired) electrons. The molecule has 0 atom stereocenters. The van der Waals surface area contributed by atoms with Crippen molar-refractivity contribution in [1.29, 1.82) is 0 Å². The lowest BCUT2D eigenvalue weighted by atomic mass is 9.35. The lowest BCUT2D eigenvalue weighted by Crippen LogP contribution is -2.52. The van der Waals surface area contributed by atoms with Crippen molar-refractivity contribution >= 4 is 67.0 Å². The molecule has 3 heteroatoms. The molecule has 1 aliphatic heterocycles. The summed E-state index contributed by atoms with van der Waals surface area (Å²) in [4.78, 5) is 0. The van der Waals surface area contributed by atoms with E-state index >= 15 is 0 Å². The molecule has 0 spiro atoms. The van der Waals surface area contributed by atoms with Gasteiger partial charge in [0.25, 0.3) is 0 Å². The fourth-order valence-corrected chi connectivity index (χ4v) is 8.50. The summed E-state index contributed by atoms with van der Waals surface area (Å²) >= 11 is 0. The van der Waals surface area contributed by atoms with Crippen LogP contribution in [0.3, 0.4) is 0 Å². The van der Waals surface area contributed by atoms with Gasteiger partial charge < -0.3 is 8.83 Å². The SMILES string of the molecule is c1ccc(B2c3cc(-c4cccc5c4oc4ccccc45)ccc3-c3ccccc3-c3ccc(-c4cccc5c4oc4ccccc45)cc32)cc1. The second-order valence-electron chi connectivity index (χ2n) is 13.6. The Morgan fingerprint density at radius 3 is 1.27 bits per heavy atom. The maximum Gasteiger partial charge on any atom is 0.242 e. The largest absolute Gasteiger partial charge is 0.455 e. The minimum atomic E-state index is -0.0201. The molecule has 0 bridgehead atoms. The zero-order chi connectivity index (χ0) is 33.5. The van der Waals surface area contributed by atoms with Gasteiger partial charge in [0.1, 0.15) is 22.3 Å². The van der Waals surface area contributed by atoms with E-state index in [0.29, 0.717) is 0 Å². The highest BCUT2D eigenvalue weighted by molar-refractivity contribution is 6.97. The van der Waals surface area contributed by atoms with E-state index < -0.39 is 0 Å². The number of para-hydroxylation sites is 4. The van der Waals surface area contributed by atoms with Gasteiger partial charge in [-0.2, -0.15) is 0 Å². The second-order valence-corrected chi connectivity index (χ2v) is 13.6. The molecule has 0 saturated heterocycles. The summed E-state index contributed by atoms with van der Waals surface area (Å²) in [5.41, 5.74) is 16.9. The topological polar surface area (TPSA) is 26.3 Å². The van der Waals surface area contributed by atoms with Crippen molar-refractivity contribution < 1.29 is 8.83 Å². The first kappa shape index (κ1) is 28.3. The Morgan fingerprint density at radius 1 is 0.314 bits per heavy atom. The van der Waals surface area contributed by atoms with Gasteiger partial charge >= 0.3 is 0 Å². The minimum absolute atomic E-state index is 0.0201. The van der Waals surface area contributed by atoms with E-state index in [9.17, 15) is 0 Å². The molecule has 1 aliphatic rings. The summed E-state index contributed by atoms with van der Waals surface area (Å²) in [5, 5.41) is 4.55. The number of furan rings is 2. The van der Waals surface area contributed by atoms with Crippen LogP contribution in [0.15, 0.2) is 185 Å². The Morgan fingerprint density at radius 2 is 0.745 bits per heavy atom. The van der Waals surface area contributed by atoms with Gasteiger partial charge in [-0.3, -0.25) is 0 Å². The third-order valence-electron chi connectivity index (χ3n) is 10.8. The lowest BCUT2D eigenvalue weighted by Gasteiger charge is -2.20. The van der Waals surface area contributed by atoms with Crippen LogP contribution in [0.2, 0.25) is 0 Å². The first-order valence-corrected chi connectivity index (χ1v) is 17.5. The zero-order valence-corrected chi connectivity index (χ0v) is 27.6. The highest BCUT2D eigenvalue weighted by Gasteiger charge is 2.32. The van der Waals surface area contributed by atoms with E-state index in [2.05, 4.69) is 164 Å². The van der Waals surface area contributed by atoms with Gasteiger partial charge in [-0.1, -0.05) is 180 Å². The van der Waals surface area contributed by atoms with Gasteiger partial charge in [-0.15, -0.1) is 0 Å². The Bertz CT molecular complexity index is 2800. The van der Waals surface area contributed by atoms with Crippen LogP contribution in [-0.2, 0) is 0 Å². The van der Waals surface area contributed by atoms with Crippen LogP contribution in [0.5, 0.6) is 0 Å². The molecule has 2 aromatic heterocycles. The van der Waals surface area contributed by atoms with Crippen LogP contribution in [0.25, 0.3) is 88.4 Å². The number of fused-ring (bicyclic) bond motifs is 11. The molecule has 11 rings (SSSR count). The molecule has 3 heterocycles. The van der Waals surface area contributed by atoms with Crippen molar-refractivity contribution in [3.05, 3.63) is 176 Å². The highest BCUT2D eigenvalue weighted by Crippen LogP contribution is 2.40. The normalized spacial score (nSPS) is 12.3. The maximum absolute atomic E-state index is 6.54. The Hall–Kier alpha value is -6.58. The van der Waals surface area contributed by atoms with Gasteiger partial charge in [0, 0.05) is 32.7 Å². The Balaban J connectivity index is 1.19. The fraction of sp³-hybridized carbons (Fsp3) is 0. The molecule has 236 valence electrons. The van der Waals surface area contributed by atoms with Crippen LogP contribution in [0.1, 0.15) is 0 Å². The molecular formula is C48H29BO2. The molecule has 0 amide bonds. The predicted molar refractivity (Wildman–Crippen MR) is 214 cm³/mol.